The van der Waals surface area contributed by atoms with Crippen molar-refractivity contribution in [3.63, 3.8) is 0 Å². The van der Waals surface area contributed by atoms with E-state index in [9.17, 15) is 9.59 Å². The molecular formula is C16H17N3O3. The zero-order valence-corrected chi connectivity index (χ0v) is 12.3. The molecule has 2 heterocycles. The molecule has 0 saturated carbocycles. The molecule has 0 atom stereocenters. The Hall–Kier alpha value is -2.63. The standard InChI is InChI=1S/C16H17N3O3/c1-2-19-14(10-12(17-19)16(21)22)15(20)18-9-5-7-11-6-3-4-8-13(11)18/h3-4,6,8,10H,2,5,7,9H2,1H3,(H,21,22). The van der Waals surface area contributed by atoms with Crippen molar-refractivity contribution in [2.75, 3.05) is 11.4 Å². The van der Waals surface area contributed by atoms with Crippen LogP contribution < -0.4 is 4.90 Å². The van der Waals surface area contributed by atoms with Gasteiger partial charge in [-0.15, -0.1) is 0 Å². The third kappa shape index (κ3) is 2.36. The van der Waals surface area contributed by atoms with Crippen LogP contribution in [-0.4, -0.2) is 33.3 Å². The highest BCUT2D eigenvalue weighted by Crippen LogP contribution is 2.28. The van der Waals surface area contributed by atoms with Gasteiger partial charge in [-0.05, 0) is 31.4 Å². The Balaban J connectivity index is 2.00. The highest BCUT2D eigenvalue weighted by atomic mass is 16.4. The number of anilines is 1. The number of nitrogens with zero attached hydrogens (tertiary/aromatic N) is 3. The predicted octanol–water partition coefficient (Wildman–Crippen LogP) is 2.19. The van der Waals surface area contributed by atoms with Crippen LogP contribution in [0.4, 0.5) is 5.69 Å². The zero-order valence-electron chi connectivity index (χ0n) is 12.3. The number of aromatic carboxylic acids is 1. The number of carboxylic acids is 1. The Labute approximate surface area is 128 Å². The summed E-state index contributed by atoms with van der Waals surface area (Å²) in [4.78, 5) is 25.6. The summed E-state index contributed by atoms with van der Waals surface area (Å²) in [6, 6.07) is 9.17. The van der Waals surface area contributed by atoms with Gasteiger partial charge in [0, 0.05) is 24.8 Å². The first kappa shape index (κ1) is 14.3. The predicted molar refractivity (Wildman–Crippen MR) is 81.3 cm³/mol. The molecule has 0 unspecified atom stereocenters. The molecule has 0 saturated heterocycles. The maximum atomic E-state index is 12.9. The van der Waals surface area contributed by atoms with Gasteiger partial charge in [0.15, 0.2) is 5.69 Å². The molecule has 1 aliphatic rings. The minimum Gasteiger partial charge on any atom is -0.476 e. The van der Waals surface area contributed by atoms with E-state index in [0.29, 0.717) is 18.8 Å². The number of aromatic nitrogens is 2. The average Bonchev–Trinajstić information content (AvgIpc) is 2.98. The molecule has 114 valence electrons. The van der Waals surface area contributed by atoms with Gasteiger partial charge in [0.1, 0.15) is 5.69 Å². The monoisotopic (exact) mass is 299 g/mol. The van der Waals surface area contributed by atoms with Crippen molar-refractivity contribution in [1.82, 2.24) is 9.78 Å². The van der Waals surface area contributed by atoms with Crippen LogP contribution in [0.3, 0.4) is 0 Å². The number of hydrogen-bond acceptors (Lipinski definition) is 3. The van der Waals surface area contributed by atoms with Crippen molar-refractivity contribution in [3.05, 3.63) is 47.3 Å². The maximum absolute atomic E-state index is 12.9. The van der Waals surface area contributed by atoms with Crippen LogP contribution in [-0.2, 0) is 13.0 Å². The van der Waals surface area contributed by atoms with Crippen molar-refractivity contribution < 1.29 is 14.7 Å². The van der Waals surface area contributed by atoms with Crippen molar-refractivity contribution in [1.29, 1.82) is 0 Å². The molecule has 1 aliphatic heterocycles. The van der Waals surface area contributed by atoms with E-state index >= 15 is 0 Å². The van der Waals surface area contributed by atoms with Gasteiger partial charge >= 0.3 is 5.97 Å². The van der Waals surface area contributed by atoms with Crippen LogP contribution >= 0.6 is 0 Å². The number of hydrogen-bond donors (Lipinski definition) is 1. The summed E-state index contributed by atoms with van der Waals surface area (Å²) in [5.74, 6) is -1.32. The Bertz CT molecular complexity index is 736. The number of rotatable bonds is 3. The average molecular weight is 299 g/mol. The van der Waals surface area contributed by atoms with E-state index in [2.05, 4.69) is 5.10 Å². The Morgan fingerprint density at radius 2 is 2.09 bits per heavy atom. The molecular weight excluding hydrogens is 282 g/mol. The number of para-hydroxylation sites is 1. The summed E-state index contributed by atoms with van der Waals surface area (Å²) in [6.45, 7) is 2.91. The molecule has 0 spiro atoms. The number of fused-ring (bicyclic) bond motifs is 1. The van der Waals surface area contributed by atoms with Gasteiger partial charge in [-0.3, -0.25) is 9.48 Å². The molecule has 1 N–H and O–H groups in total. The number of carboxylic acid groups (broad SMARTS) is 1. The Morgan fingerprint density at radius 3 is 2.82 bits per heavy atom. The fraction of sp³-hybridized carbons (Fsp3) is 0.312. The number of amides is 1. The fourth-order valence-corrected chi connectivity index (χ4v) is 2.82. The van der Waals surface area contributed by atoms with Gasteiger partial charge in [0.25, 0.3) is 5.91 Å². The van der Waals surface area contributed by atoms with Crippen molar-refractivity contribution in [2.45, 2.75) is 26.3 Å². The van der Waals surface area contributed by atoms with Gasteiger partial charge < -0.3 is 10.0 Å². The summed E-state index contributed by atoms with van der Waals surface area (Å²) in [5, 5.41) is 13.0. The van der Waals surface area contributed by atoms with Crippen LogP contribution in [0.15, 0.2) is 30.3 Å². The first-order valence-corrected chi connectivity index (χ1v) is 7.32. The molecule has 22 heavy (non-hydrogen) atoms. The number of carbonyl (C=O) groups excluding carboxylic acids is 1. The largest absolute Gasteiger partial charge is 0.476 e. The molecule has 0 radical (unpaired) electrons. The van der Waals surface area contributed by atoms with E-state index in [0.717, 1.165) is 24.1 Å². The summed E-state index contributed by atoms with van der Waals surface area (Å²) in [7, 11) is 0. The Morgan fingerprint density at radius 1 is 1.32 bits per heavy atom. The third-order valence-corrected chi connectivity index (χ3v) is 3.87. The highest BCUT2D eigenvalue weighted by Gasteiger charge is 2.27. The lowest BCUT2D eigenvalue weighted by Gasteiger charge is -2.29. The summed E-state index contributed by atoms with van der Waals surface area (Å²) >= 11 is 0. The van der Waals surface area contributed by atoms with Gasteiger partial charge in [-0.25, -0.2) is 4.79 Å². The van der Waals surface area contributed by atoms with Crippen molar-refractivity contribution in [3.8, 4) is 0 Å². The minimum atomic E-state index is -1.12. The lowest BCUT2D eigenvalue weighted by atomic mass is 10.0. The molecule has 1 amide bonds. The normalized spacial score (nSPS) is 13.8. The molecule has 6 heteroatoms. The summed E-state index contributed by atoms with van der Waals surface area (Å²) in [6.07, 6.45) is 1.85. The fourth-order valence-electron chi connectivity index (χ4n) is 2.82. The topological polar surface area (TPSA) is 75.4 Å². The second-order valence-electron chi connectivity index (χ2n) is 5.22. The quantitative estimate of drug-likeness (QED) is 0.942. The lowest BCUT2D eigenvalue weighted by molar-refractivity contribution is 0.0689. The van der Waals surface area contributed by atoms with Gasteiger partial charge in [0.2, 0.25) is 0 Å². The van der Waals surface area contributed by atoms with E-state index in [1.807, 2.05) is 31.2 Å². The highest BCUT2D eigenvalue weighted by molar-refractivity contribution is 6.06. The van der Waals surface area contributed by atoms with Gasteiger partial charge in [-0.1, -0.05) is 18.2 Å². The second kappa shape index (κ2) is 5.63. The van der Waals surface area contributed by atoms with E-state index in [1.165, 1.54) is 10.7 Å². The minimum absolute atomic E-state index is 0.101. The van der Waals surface area contributed by atoms with Crippen LogP contribution in [0.1, 0.15) is 39.9 Å². The molecule has 3 rings (SSSR count). The van der Waals surface area contributed by atoms with Gasteiger partial charge in [-0.2, -0.15) is 5.10 Å². The van der Waals surface area contributed by atoms with E-state index in [4.69, 9.17) is 5.11 Å². The Kier molecular flexibility index (Phi) is 3.66. The van der Waals surface area contributed by atoms with Crippen LogP contribution in [0.5, 0.6) is 0 Å². The van der Waals surface area contributed by atoms with Crippen LogP contribution in [0.2, 0.25) is 0 Å². The number of carbonyl (C=O) groups is 2. The van der Waals surface area contributed by atoms with Crippen LogP contribution in [0, 0.1) is 0 Å². The molecule has 2 aromatic rings. The third-order valence-electron chi connectivity index (χ3n) is 3.87. The molecule has 0 fully saturated rings. The van der Waals surface area contributed by atoms with E-state index < -0.39 is 5.97 Å². The lowest BCUT2D eigenvalue weighted by Crippen LogP contribution is -2.36. The smallest absolute Gasteiger partial charge is 0.356 e. The second-order valence-corrected chi connectivity index (χ2v) is 5.22. The van der Waals surface area contributed by atoms with Gasteiger partial charge in [0.05, 0.1) is 0 Å². The van der Waals surface area contributed by atoms with Crippen molar-refractivity contribution >= 4 is 17.6 Å². The SMILES string of the molecule is CCn1nc(C(=O)O)cc1C(=O)N1CCCc2ccccc21. The first-order chi connectivity index (χ1) is 10.6. The van der Waals surface area contributed by atoms with Crippen LogP contribution in [0.25, 0.3) is 0 Å². The zero-order chi connectivity index (χ0) is 15.7. The molecule has 0 bridgehead atoms. The molecule has 6 nitrogen and oxygen atoms in total. The molecule has 0 aliphatic carbocycles. The van der Waals surface area contributed by atoms with E-state index in [1.54, 1.807) is 4.90 Å². The summed E-state index contributed by atoms with van der Waals surface area (Å²) < 4.78 is 1.45. The maximum Gasteiger partial charge on any atom is 0.356 e. The first-order valence-electron chi connectivity index (χ1n) is 7.32. The van der Waals surface area contributed by atoms with E-state index in [-0.39, 0.29) is 11.6 Å². The number of benzene rings is 1. The molecule has 1 aromatic heterocycles. The number of aryl methyl sites for hydroxylation is 2. The molecule has 1 aromatic carbocycles. The summed E-state index contributed by atoms with van der Waals surface area (Å²) in [5.41, 5.74) is 2.26. The van der Waals surface area contributed by atoms with Crippen molar-refractivity contribution in [2.24, 2.45) is 0 Å².